The molecule has 0 saturated heterocycles. The second-order valence-electron chi connectivity index (χ2n) is 4.44. The van der Waals surface area contributed by atoms with Gasteiger partial charge in [0.2, 0.25) is 5.91 Å². The molecule has 0 saturated carbocycles. The lowest BCUT2D eigenvalue weighted by Gasteiger charge is -2.09. The van der Waals surface area contributed by atoms with Gasteiger partial charge in [0.15, 0.2) is 0 Å². The van der Waals surface area contributed by atoms with Gasteiger partial charge in [-0.3, -0.25) is 4.79 Å². The molecule has 0 radical (unpaired) electrons. The molecular formula is C16H15N3O2. The van der Waals surface area contributed by atoms with Gasteiger partial charge >= 0.3 is 0 Å². The van der Waals surface area contributed by atoms with Crippen LogP contribution in [0.4, 0.5) is 5.69 Å². The van der Waals surface area contributed by atoms with Crippen molar-refractivity contribution in [3.63, 3.8) is 0 Å². The van der Waals surface area contributed by atoms with E-state index in [4.69, 9.17) is 15.7 Å². The van der Waals surface area contributed by atoms with Crippen LogP contribution in [0.3, 0.4) is 0 Å². The molecule has 0 aliphatic heterocycles. The Morgan fingerprint density at radius 1 is 1.29 bits per heavy atom. The number of methoxy groups -OCH3 is 1. The molecule has 0 aliphatic rings. The molecule has 2 rings (SSSR count). The number of hydrogen-bond acceptors (Lipinski definition) is 4. The van der Waals surface area contributed by atoms with E-state index in [9.17, 15) is 4.79 Å². The number of hydrogen-bond donors (Lipinski definition) is 2. The van der Waals surface area contributed by atoms with Gasteiger partial charge in [-0.1, -0.05) is 6.07 Å². The molecule has 5 heteroatoms. The Kier molecular flexibility index (Phi) is 4.42. The fourth-order valence-electron chi connectivity index (χ4n) is 1.89. The van der Waals surface area contributed by atoms with Gasteiger partial charge in [-0.2, -0.15) is 5.26 Å². The minimum Gasteiger partial charge on any atom is -0.495 e. The number of nitrogens with one attached hydrogen (secondary N) is 1. The second-order valence-corrected chi connectivity index (χ2v) is 4.44. The molecule has 1 amide bonds. The van der Waals surface area contributed by atoms with E-state index >= 15 is 0 Å². The average Bonchev–Trinajstić information content (AvgIpc) is 2.52. The molecule has 2 aromatic rings. The molecule has 0 aromatic heterocycles. The molecule has 3 N–H and O–H groups in total. The number of anilines is 1. The van der Waals surface area contributed by atoms with Gasteiger partial charge in [-0.15, -0.1) is 0 Å². The van der Waals surface area contributed by atoms with Crippen LogP contribution in [0.2, 0.25) is 0 Å². The van der Waals surface area contributed by atoms with Crippen LogP contribution in [0.5, 0.6) is 5.75 Å². The van der Waals surface area contributed by atoms with Crippen LogP contribution in [-0.2, 0) is 6.54 Å². The molecule has 0 atom stereocenters. The summed E-state index contributed by atoms with van der Waals surface area (Å²) in [6.45, 7) is 0.581. The van der Waals surface area contributed by atoms with E-state index in [0.717, 1.165) is 11.3 Å². The van der Waals surface area contributed by atoms with Crippen molar-refractivity contribution in [1.82, 2.24) is 0 Å². The maximum atomic E-state index is 11.0. The van der Waals surface area contributed by atoms with Crippen LogP contribution >= 0.6 is 0 Å². The van der Waals surface area contributed by atoms with Gasteiger partial charge < -0.3 is 15.8 Å². The lowest BCUT2D eigenvalue weighted by molar-refractivity contribution is 0.100. The minimum atomic E-state index is -0.446. The fraction of sp³-hybridized carbons (Fsp3) is 0.125. The number of benzene rings is 2. The van der Waals surface area contributed by atoms with Crippen LogP contribution in [0, 0.1) is 11.3 Å². The van der Waals surface area contributed by atoms with Gasteiger partial charge in [-0.05, 0) is 42.0 Å². The minimum absolute atomic E-state index is 0.446. The first-order valence-corrected chi connectivity index (χ1v) is 6.35. The summed E-state index contributed by atoms with van der Waals surface area (Å²) in [6.07, 6.45) is 0. The Morgan fingerprint density at radius 3 is 2.57 bits per heavy atom. The van der Waals surface area contributed by atoms with E-state index in [1.165, 1.54) is 7.11 Å². The normalized spacial score (nSPS) is 9.71. The van der Waals surface area contributed by atoms with E-state index in [1.54, 1.807) is 30.3 Å². The summed E-state index contributed by atoms with van der Waals surface area (Å²) >= 11 is 0. The Balaban J connectivity index is 2.06. The van der Waals surface area contributed by atoms with E-state index in [2.05, 4.69) is 11.4 Å². The van der Waals surface area contributed by atoms with Gasteiger partial charge in [0.25, 0.3) is 0 Å². The third-order valence-electron chi connectivity index (χ3n) is 3.05. The zero-order chi connectivity index (χ0) is 15.2. The third kappa shape index (κ3) is 3.51. The molecule has 0 aliphatic carbocycles. The van der Waals surface area contributed by atoms with Gasteiger partial charge in [0.1, 0.15) is 11.8 Å². The number of nitriles is 1. The summed E-state index contributed by atoms with van der Waals surface area (Å²) in [5.74, 6) is 0.110. The lowest BCUT2D eigenvalue weighted by Crippen LogP contribution is -2.10. The van der Waals surface area contributed by atoms with Crippen molar-refractivity contribution in [3.05, 3.63) is 59.2 Å². The first kappa shape index (κ1) is 14.4. The average molecular weight is 281 g/mol. The number of rotatable bonds is 5. The van der Waals surface area contributed by atoms with Crippen LogP contribution < -0.4 is 15.8 Å². The highest BCUT2D eigenvalue weighted by Crippen LogP contribution is 2.20. The van der Waals surface area contributed by atoms with Crippen molar-refractivity contribution in [2.45, 2.75) is 6.54 Å². The first-order chi connectivity index (χ1) is 10.1. The zero-order valence-corrected chi connectivity index (χ0v) is 11.6. The van der Waals surface area contributed by atoms with Crippen molar-refractivity contribution in [1.29, 1.82) is 5.26 Å². The Labute approximate surface area is 123 Å². The van der Waals surface area contributed by atoms with Crippen LogP contribution in [0.1, 0.15) is 21.5 Å². The van der Waals surface area contributed by atoms with Crippen LogP contribution in [0.15, 0.2) is 42.5 Å². The molecular weight excluding hydrogens is 266 g/mol. The summed E-state index contributed by atoms with van der Waals surface area (Å²) in [7, 11) is 1.54. The number of carbonyl (C=O) groups excluding carboxylic acids is 1. The highest BCUT2D eigenvalue weighted by Gasteiger charge is 2.04. The van der Waals surface area contributed by atoms with Gasteiger partial charge in [0.05, 0.1) is 12.7 Å². The van der Waals surface area contributed by atoms with Crippen molar-refractivity contribution in [2.75, 3.05) is 12.4 Å². The monoisotopic (exact) mass is 281 g/mol. The topological polar surface area (TPSA) is 88.1 Å². The SMILES string of the molecule is COc1cc(CNc2ccc(C(N)=O)cc2)ccc1C#N. The summed E-state index contributed by atoms with van der Waals surface area (Å²) in [6, 6.07) is 14.4. The summed E-state index contributed by atoms with van der Waals surface area (Å²) in [4.78, 5) is 11.0. The third-order valence-corrected chi connectivity index (χ3v) is 3.05. The molecule has 21 heavy (non-hydrogen) atoms. The molecule has 106 valence electrons. The van der Waals surface area contributed by atoms with E-state index in [1.807, 2.05) is 12.1 Å². The number of nitrogens with zero attached hydrogens (tertiary/aromatic N) is 1. The number of amides is 1. The standard InChI is InChI=1S/C16H15N3O2/c1-21-15-8-11(2-3-13(15)9-17)10-19-14-6-4-12(5-7-14)16(18)20/h2-8,19H,10H2,1H3,(H2,18,20). The molecule has 0 spiro atoms. The van der Waals surface area contributed by atoms with E-state index in [0.29, 0.717) is 23.4 Å². The molecule has 0 fully saturated rings. The quantitative estimate of drug-likeness (QED) is 0.880. The van der Waals surface area contributed by atoms with E-state index < -0.39 is 5.91 Å². The zero-order valence-electron chi connectivity index (χ0n) is 11.6. The number of primary amides is 1. The molecule has 0 unspecified atom stereocenters. The molecule has 2 aromatic carbocycles. The van der Waals surface area contributed by atoms with Crippen molar-refractivity contribution >= 4 is 11.6 Å². The largest absolute Gasteiger partial charge is 0.495 e. The number of carbonyl (C=O) groups is 1. The van der Waals surface area contributed by atoms with Crippen LogP contribution in [-0.4, -0.2) is 13.0 Å². The highest BCUT2D eigenvalue weighted by molar-refractivity contribution is 5.93. The van der Waals surface area contributed by atoms with Gasteiger partial charge in [-0.25, -0.2) is 0 Å². The summed E-state index contributed by atoms with van der Waals surface area (Å²) in [5, 5.41) is 12.2. The smallest absolute Gasteiger partial charge is 0.248 e. The first-order valence-electron chi connectivity index (χ1n) is 6.35. The Morgan fingerprint density at radius 2 is 2.00 bits per heavy atom. The van der Waals surface area contributed by atoms with Crippen molar-refractivity contribution in [3.8, 4) is 11.8 Å². The van der Waals surface area contributed by atoms with Gasteiger partial charge in [0, 0.05) is 17.8 Å². The highest BCUT2D eigenvalue weighted by atomic mass is 16.5. The second kappa shape index (κ2) is 6.44. The molecule has 0 heterocycles. The number of nitrogens with two attached hydrogens (primary N) is 1. The maximum Gasteiger partial charge on any atom is 0.248 e. The Bertz CT molecular complexity index is 688. The predicted octanol–water partition coefficient (Wildman–Crippen LogP) is 2.28. The van der Waals surface area contributed by atoms with E-state index in [-0.39, 0.29) is 0 Å². The summed E-state index contributed by atoms with van der Waals surface area (Å²) < 4.78 is 5.17. The van der Waals surface area contributed by atoms with Crippen molar-refractivity contribution in [2.24, 2.45) is 5.73 Å². The maximum absolute atomic E-state index is 11.0. The van der Waals surface area contributed by atoms with Crippen molar-refractivity contribution < 1.29 is 9.53 Å². The molecule has 5 nitrogen and oxygen atoms in total. The predicted molar refractivity (Wildman–Crippen MR) is 80.0 cm³/mol. The number of ether oxygens (including phenoxy) is 1. The fourth-order valence-corrected chi connectivity index (χ4v) is 1.89. The summed E-state index contributed by atoms with van der Waals surface area (Å²) in [5.41, 5.74) is 8.04. The van der Waals surface area contributed by atoms with Crippen LogP contribution in [0.25, 0.3) is 0 Å². The lowest BCUT2D eigenvalue weighted by atomic mass is 10.1. The Hall–Kier alpha value is -3.00. The molecule has 0 bridgehead atoms.